The molecule has 9 heteroatoms. The highest BCUT2D eigenvalue weighted by Crippen LogP contribution is 2.22. The van der Waals surface area contributed by atoms with Crippen LogP contribution in [-0.2, 0) is 19.6 Å². The minimum absolute atomic E-state index is 0.183. The number of aryl methyl sites for hydroxylation is 2. The fourth-order valence-corrected chi connectivity index (χ4v) is 4.66. The number of benzene rings is 1. The highest BCUT2D eigenvalue weighted by atomic mass is 32.2. The molecule has 1 aliphatic heterocycles. The standard InChI is InChI=1S/C20H24N2O6S/c1-13-12-18(14(2)27-13)20(24)28-15(3)19(23)21-16-6-8-17(9-7-16)29(25,26)22-10-4-5-11-22/h6-9,12,15H,4-5,10-11H2,1-3H3,(H,21,23). The number of rotatable bonds is 6. The number of furan rings is 1. The molecule has 1 aromatic heterocycles. The molecule has 2 heterocycles. The van der Waals surface area contributed by atoms with Crippen LogP contribution in [0.1, 0.15) is 41.6 Å². The number of sulfonamides is 1. The van der Waals surface area contributed by atoms with Crippen LogP contribution in [0.5, 0.6) is 0 Å². The van der Waals surface area contributed by atoms with Crippen LogP contribution in [-0.4, -0.2) is 43.8 Å². The van der Waals surface area contributed by atoms with E-state index in [0.29, 0.717) is 30.3 Å². The van der Waals surface area contributed by atoms with Crippen molar-refractivity contribution in [2.45, 2.75) is 44.6 Å². The monoisotopic (exact) mass is 420 g/mol. The van der Waals surface area contributed by atoms with E-state index in [9.17, 15) is 18.0 Å². The van der Waals surface area contributed by atoms with Gasteiger partial charge in [0.15, 0.2) is 6.10 Å². The molecule has 156 valence electrons. The number of hydrogen-bond donors (Lipinski definition) is 1. The molecule has 3 rings (SSSR count). The van der Waals surface area contributed by atoms with E-state index in [1.54, 1.807) is 19.9 Å². The molecular weight excluding hydrogens is 396 g/mol. The lowest BCUT2D eigenvalue weighted by Crippen LogP contribution is -2.30. The van der Waals surface area contributed by atoms with Crippen LogP contribution in [0.3, 0.4) is 0 Å². The molecule has 1 fully saturated rings. The molecule has 0 spiro atoms. The van der Waals surface area contributed by atoms with E-state index in [4.69, 9.17) is 9.15 Å². The lowest BCUT2D eigenvalue weighted by Gasteiger charge is -2.16. The first-order chi connectivity index (χ1) is 13.7. The summed E-state index contributed by atoms with van der Waals surface area (Å²) in [6.45, 7) is 5.88. The van der Waals surface area contributed by atoms with Crippen LogP contribution in [0.2, 0.25) is 0 Å². The zero-order valence-electron chi connectivity index (χ0n) is 16.6. The zero-order chi connectivity index (χ0) is 21.2. The van der Waals surface area contributed by atoms with Gasteiger partial charge in [-0.2, -0.15) is 4.31 Å². The average Bonchev–Trinajstić information content (AvgIpc) is 3.32. The molecule has 2 aromatic rings. The number of amides is 1. The summed E-state index contributed by atoms with van der Waals surface area (Å²) in [5.41, 5.74) is 0.687. The van der Waals surface area contributed by atoms with E-state index in [1.165, 1.54) is 35.5 Å². The van der Waals surface area contributed by atoms with Gasteiger partial charge in [0.2, 0.25) is 10.0 Å². The molecule has 1 atom stereocenters. The smallest absolute Gasteiger partial charge is 0.342 e. The van der Waals surface area contributed by atoms with Crippen molar-refractivity contribution >= 4 is 27.6 Å². The number of carbonyl (C=O) groups excluding carboxylic acids is 2. The third-order valence-corrected chi connectivity index (χ3v) is 6.65. The fourth-order valence-electron chi connectivity index (χ4n) is 3.14. The molecule has 0 bridgehead atoms. The molecule has 1 amide bonds. The largest absolute Gasteiger partial charge is 0.466 e. The second kappa shape index (κ2) is 8.38. The van der Waals surface area contributed by atoms with Crippen molar-refractivity contribution < 1.29 is 27.2 Å². The zero-order valence-corrected chi connectivity index (χ0v) is 17.4. The molecule has 1 aliphatic rings. The average molecular weight is 420 g/mol. The van der Waals surface area contributed by atoms with Gasteiger partial charge in [-0.3, -0.25) is 4.79 Å². The van der Waals surface area contributed by atoms with E-state index in [2.05, 4.69) is 5.32 Å². The second-order valence-corrected chi connectivity index (χ2v) is 8.94. The summed E-state index contributed by atoms with van der Waals surface area (Å²) in [7, 11) is -3.51. The first kappa shape index (κ1) is 21.1. The number of nitrogens with zero attached hydrogens (tertiary/aromatic N) is 1. The summed E-state index contributed by atoms with van der Waals surface area (Å²) in [4.78, 5) is 24.7. The fraction of sp³-hybridized carbons (Fsp3) is 0.400. The lowest BCUT2D eigenvalue weighted by atomic mass is 10.2. The van der Waals surface area contributed by atoms with E-state index in [0.717, 1.165) is 12.8 Å². The van der Waals surface area contributed by atoms with Crippen molar-refractivity contribution in [3.8, 4) is 0 Å². The van der Waals surface area contributed by atoms with Gasteiger partial charge in [-0.05, 0) is 63.9 Å². The van der Waals surface area contributed by atoms with Crippen LogP contribution in [0.4, 0.5) is 5.69 Å². The van der Waals surface area contributed by atoms with E-state index >= 15 is 0 Å². The molecule has 0 aliphatic carbocycles. The van der Waals surface area contributed by atoms with Crippen molar-refractivity contribution in [3.05, 3.63) is 47.4 Å². The van der Waals surface area contributed by atoms with Crippen LogP contribution >= 0.6 is 0 Å². The number of ether oxygens (including phenoxy) is 1. The van der Waals surface area contributed by atoms with Gasteiger partial charge in [0.1, 0.15) is 17.1 Å². The number of hydrogen-bond acceptors (Lipinski definition) is 6. The van der Waals surface area contributed by atoms with E-state index < -0.39 is 28.0 Å². The van der Waals surface area contributed by atoms with Gasteiger partial charge in [-0.25, -0.2) is 13.2 Å². The van der Waals surface area contributed by atoms with Crippen molar-refractivity contribution in [1.82, 2.24) is 4.31 Å². The van der Waals surface area contributed by atoms with Crippen LogP contribution < -0.4 is 5.32 Å². The number of carbonyl (C=O) groups is 2. The molecule has 8 nitrogen and oxygen atoms in total. The quantitative estimate of drug-likeness (QED) is 0.721. The molecule has 1 saturated heterocycles. The first-order valence-corrected chi connectivity index (χ1v) is 10.8. The maximum absolute atomic E-state index is 12.5. The van der Waals surface area contributed by atoms with E-state index in [1.807, 2.05) is 0 Å². The minimum atomic E-state index is -3.51. The normalized spacial score (nSPS) is 15.8. The van der Waals surface area contributed by atoms with Crippen LogP contribution in [0, 0.1) is 13.8 Å². The van der Waals surface area contributed by atoms with Crippen molar-refractivity contribution in [3.63, 3.8) is 0 Å². The van der Waals surface area contributed by atoms with Gasteiger partial charge in [-0.1, -0.05) is 0 Å². The Balaban J connectivity index is 1.61. The highest BCUT2D eigenvalue weighted by molar-refractivity contribution is 7.89. The molecule has 1 unspecified atom stereocenters. The Kier molecular flexibility index (Phi) is 6.09. The molecular formula is C20H24N2O6S. The Hall–Kier alpha value is -2.65. The van der Waals surface area contributed by atoms with Crippen LogP contribution in [0.25, 0.3) is 0 Å². The van der Waals surface area contributed by atoms with Gasteiger partial charge in [0.05, 0.1) is 4.90 Å². The third-order valence-electron chi connectivity index (χ3n) is 4.74. The lowest BCUT2D eigenvalue weighted by molar-refractivity contribution is -0.123. The van der Waals surface area contributed by atoms with Gasteiger partial charge in [0, 0.05) is 18.8 Å². The third kappa shape index (κ3) is 4.68. The summed E-state index contributed by atoms with van der Waals surface area (Å²) >= 11 is 0. The van der Waals surface area contributed by atoms with Gasteiger partial charge in [0.25, 0.3) is 5.91 Å². The topological polar surface area (TPSA) is 106 Å². The summed E-state index contributed by atoms with van der Waals surface area (Å²) in [6.07, 6.45) is 0.689. The summed E-state index contributed by atoms with van der Waals surface area (Å²) in [6, 6.07) is 7.49. The Morgan fingerprint density at radius 2 is 1.76 bits per heavy atom. The predicted molar refractivity (Wildman–Crippen MR) is 106 cm³/mol. The Bertz CT molecular complexity index is 1000. The SMILES string of the molecule is Cc1cc(C(=O)OC(C)C(=O)Nc2ccc(S(=O)(=O)N3CCCC3)cc2)c(C)o1. The molecule has 0 saturated carbocycles. The molecule has 1 aromatic carbocycles. The summed E-state index contributed by atoms with van der Waals surface area (Å²) in [5.74, 6) is -0.161. The van der Waals surface area contributed by atoms with Gasteiger partial charge >= 0.3 is 5.97 Å². The van der Waals surface area contributed by atoms with Crippen LogP contribution in [0.15, 0.2) is 39.6 Å². The second-order valence-electron chi connectivity index (χ2n) is 7.00. The number of esters is 1. The van der Waals surface area contributed by atoms with Gasteiger partial charge < -0.3 is 14.5 Å². The summed E-state index contributed by atoms with van der Waals surface area (Å²) < 4.78 is 37.0. The van der Waals surface area contributed by atoms with Crippen molar-refractivity contribution in [2.75, 3.05) is 18.4 Å². The number of anilines is 1. The molecule has 1 N–H and O–H groups in total. The maximum Gasteiger partial charge on any atom is 0.342 e. The highest BCUT2D eigenvalue weighted by Gasteiger charge is 2.27. The predicted octanol–water partition coefficient (Wildman–Crippen LogP) is 2.86. The molecule has 0 radical (unpaired) electrons. The molecule has 29 heavy (non-hydrogen) atoms. The van der Waals surface area contributed by atoms with Crippen molar-refractivity contribution in [1.29, 1.82) is 0 Å². The first-order valence-electron chi connectivity index (χ1n) is 9.37. The maximum atomic E-state index is 12.5. The number of nitrogens with one attached hydrogen (secondary N) is 1. The van der Waals surface area contributed by atoms with E-state index in [-0.39, 0.29) is 10.5 Å². The Labute approximate surface area is 169 Å². The Morgan fingerprint density at radius 3 is 2.31 bits per heavy atom. The minimum Gasteiger partial charge on any atom is -0.466 e. The van der Waals surface area contributed by atoms with Gasteiger partial charge in [-0.15, -0.1) is 0 Å². The summed E-state index contributed by atoms with van der Waals surface area (Å²) in [5, 5.41) is 2.62. The Morgan fingerprint density at radius 1 is 1.14 bits per heavy atom. The van der Waals surface area contributed by atoms with Crippen molar-refractivity contribution in [2.24, 2.45) is 0 Å².